The van der Waals surface area contributed by atoms with Crippen LogP contribution >= 0.6 is 23.2 Å². The maximum atomic E-state index is 11.5. The van der Waals surface area contributed by atoms with Crippen molar-refractivity contribution in [2.45, 2.75) is 12.3 Å². The molecule has 4 N–H and O–H groups in total. The first-order valence-corrected chi connectivity index (χ1v) is 11.7. The Hall–Kier alpha value is -3.35. The summed E-state index contributed by atoms with van der Waals surface area (Å²) in [6.45, 7) is 0.748. The fourth-order valence-corrected chi connectivity index (χ4v) is 3.90. The molecular weight excluding hydrogens is 505 g/mol. The summed E-state index contributed by atoms with van der Waals surface area (Å²) >= 11 is 11.8. The van der Waals surface area contributed by atoms with Gasteiger partial charge in [0, 0.05) is 13.2 Å². The number of esters is 1. The second kappa shape index (κ2) is 14.3. The van der Waals surface area contributed by atoms with Gasteiger partial charge in [-0.25, -0.2) is 0 Å². The highest BCUT2D eigenvalue weighted by Gasteiger charge is 2.18. The van der Waals surface area contributed by atoms with Crippen molar-refractivity contribution in [2.75, 3.05) is 33.9 Å². The number of aliphatic hydroxyl groups is 1. The number of amides is 1. The molecule has 190 valence electrons. The van der Waals surface area contributed by atoms with E-state index in [1.807, 2.05) is 24.3 Å². The first-order chi connectivity index (χ1) is 17.3. The lowest BCUT2D eigenvalue weighted by Gasteiger charge is -2.17. The average molecular weight is 532 g/mol. The maximum Gasteiger partial charge on any atom is 0.319 e. The fourth-order valence-electron chi connectivity index (χ4n) is 3.60. The third-order valence-electron chi connectivity index (χ3n) is 5.35. The number of hydrogen-bond donors (Lipinski definition) is 3. The molecule has 3 aromatic rings. The van der Waals surface area contributed by atoms with E-state index in [1.54, 1.807) is 30.3 Å². The Morgan fingerprint density at radius 3 is 2.44 bits per heavy atom. The third-order valence-corrected chi connectivity index (χ3v) is 6.09. The SMILES string of the molecule is COC(=O)CNC[C@@H](CCO)c1ccc(Cl)c(Cl)c1.COc1c(C#N)cc2ccccc2c1C(N)=O. The van der Waals surface area contributed by atoms with Crippen LogP contribution in [0, 0.1) is 11.3 Å². The molecule has 0 heterocycles. The quantitative estimate of drug-likeness (QED) is 0.354. The predicted octanol–water partition coefficient (Wildman–Crippen LogP) is 4.04. The van der Waals surface area contributed by atoms with E-state index in [1.165, 1.54) is 14.2 Å². The van der Waals surface area contributed by atoms with Gasteiger partial charge < -0.3 is 25.6 Å². The average Bonchev–Trinajstić information content (AvgIpc) is 2.88. The minimum atomic E-state index is -0.602. The summed E-state index contributed by atoms with van der Waals surface area (Å²) in [6.07, 6.45) is 0.576. The summed E-state index contributed by atoms with van der Waals surface area (Å²) in [7, 11) is 2.76. The molecule has 0 aromatic heterocycles. The standard InChI is InChI=1S/C13H17Cl2NO3.C13H10N2O2/c1-19-13(18)8-16-7-10(4-5-17)9-2-3-11(14)12(15)6-9;1-17-12-9(7-14)6-8-4-2-3-5-10(8)11(12)13(15)16/h2-3,6,10,16-17H,4-5,7-8H2,1H3;2-6H,1H3,(H2,15,16)/t10-;/m1./s1. The Balaban J connectivity index is 0.000000255. The molecule has 0 saturated carbocycles. The van der Waals surface area contributed by atoms with E-state index in [9.17, 15) is 9.59 Å². The van der Waals surface area contributed by atoms with Gasteiger partial charge >= 0.3 is 5.97 Å². The van der Waals surface area contributed by atoms with Crippen molar-refractivity contribution in [3.63, 3.8) is 0 Å². The number of fused-ring (bicyclic) bond motifs is 1. The molecule has 0 saturated heterocycles. The lowest BCUT2D eigenvalue weighted by molar-refractivity contribution is -0.139. The van der Waals surface area contributed by atoms with Gasteiger partial charge in [0.25, 0.3) is 5.91 Å². The number of nitrogens with one attached hydrogen (secondary N) is 1. The van der Waals surface area contributed by atoms with Crippen molar-refractivity contribution in [2.24, 2.45) is 5.73 Å². The number of rotatable bonds is 9. The van der Waals surface area contributed by atoms with E-state index >= 15 is 0 Å². The zero-order valence-corrected chi connectivity index (χ0v) is 21.4. The number of primary amides is 1. The molecule has 0 aliphatic heterocycles. The summed E-state index contributed by atoms with van der Waals surface area (Å²) in [5.74, 6) is -0.629. The zero-order valence-electron chi connectivity index (χ0n) is 19.9. The highest BCUT2D eigenvalue weighted by Crippen LogP contribution is 2.31. The van der Waals surface area contributed by atoms with Crippen LogP contribution in [0.1, 0.15) is 33.8 Å². The van der Waals surface area contributed by atoms with Crippen LogP contribution in [0.2, 0.25) is 10.0 Å². The third kappa shape index (κ3) is 7.57. The van der Waals surface area contributed by atoms with Gasteiger partial charge in [0.2, 0.25) is 0 Å². The number of benzene rings is 3. The second-order valence-corrected chi connectivity index (χ2v) is 8.43. The Kier molecular flexibility index (Phi) is 11.4. The van der Waals surface area contributed by atoms with Gasteiger partial charge in [-0.1, -0.05) is 53.5 Å². The molecule has 0 unspecified atom stereocenters. The lowest BCUT2D eigenvalue weighted by atomic mass is 9.96. The van der Waals surface area contributed by atoms with Crippen LogP contribution in [0.3, 0.4) is 0 Å². The van der Waals surface area contributed by atoms with Crippen molar-refractivity contribution in [3.8, 4) is 11.8 Å². The van der Waals surface area contributed by atoms with Gasteiger partial charge in [0.15, 0.2) is 0 Å². The molecule has 0 fully saturated rings. The summed E-state index contributed by atoms with van der Waals surface area (Å²) in [5, 5.41) is 23.6. The summed E-state index contributed by atoms with van der Waals surface area (Å²) in [4.78, 5) is 22.5. The lowest BCUT2D eigenvalue weighted by Crippen LogP contribution is -2.28. The summed E-state index contributed by atoms with van der Waals surface area (Å²) in [6, 6.07) is 16.3. The fraction of sp³-hybridized carbons (Fsp3) is 0.269. The number of nitrogens with two attached hydrogens (primary N) is 1. The largest absolute Gasteiger partial charge is 0.495 e. The number of methoxy groups -OCH3 is 2. The number of carbonyl (C=O) groups is 2. The topological polar surface area (TPSA) is 135 Å². The van der Waals surface area contributed by atoms with E-state index in [0.29, 0.717) is 34.0 Å². The number of halogens is 2. The molecule has 1 amide bonds. The number of aliphatic hydroxyl groups excluding tert-OH is 1. The first kappa shape index (κ1) is 28.9. The monoisotopic (exact) mass is 531 g/mol. The van der Waals surface area contributed by atoms with Crippen LogP contribution < -0.4 is 15.8 Å². The van der Waals surface area contributed by atoms with Crippen LogP contribution in [-0.2, 0) is 9.53 Å². The number of nitrogens with zero attached hydrogens (tertiary/aromatic N) is 1. The van der Waals surface area contributed by atoms with E-state index in [-0.39, 0.29) is 36.4 Å². The van der Waals surface area contributed by atoms with Crippen LogP contribution in [0.25, 0.3) is 10.8 Å². The van der Waals surface area contributed by atoms with Crippen molar-refractivity contribution in [1.82, 2.24) is 5.32 Å². The minimum absolute atomic E-state index is 0.0597. The van der Waals surface area contributed by atoms with Crippen LogP contribution in [0.15, 0.2) is 48.5 Å². The van der Waals surface area contributed by atoms with Gasteiger partial charge in [0.1, 0.15) is 11.8 Å². The molecule has 3 aromatic carbocycles. The van der Waals surface area contributed by atoms with E-state index < -0.39 is 5.91 Å². The van der Waals surface area contributed by atoms with Crippen LogP contribution in [-0.4, -0.2) is 50.9 Å². The Morgan fingerprint density at radius 1 is 1.14 bits per heavy atom. The van der Waals surface area contributed by atoms with Gasteiger partial charge in [-0.2, -0.15) is 5.26 Å². The highest BCUT2D eigenvalue weighted by atomic mass is 35.5. The van der Waals surface area contributed by atoms with Gasteiger partial charge in [-0.05, 0) is 46.9 Å². The van der Waals surface area contributed by atoms with Crippen LogP contribution in [0.5, 0.6) is 5.75 Å². The predicted molar refractivity (Wildman–Crippen MR) is 140 cm³/mol. The van der Waals surface area contributed by atoms with Crippen LogP contribution in [0.4, 0.5) is 0 Å². The summed E-state index contributed by atoms with van der Waals surface area (Å²) in [5.41, 5.74) is 6.88. The van der Waals surface area contributed by atoms with E-state index in [4.69, 9.17) is 44.0 Å². The van der Waals surface area contributed by atoms with Crippen molar-refractivity contribution < 1.29 is 24.2 Å². The molecule has 1 atom stereocenters. The number of carbonyl (C=O) groups excluding carboxylic acids is 2. The highest BCUT2D eigenvalue weighted by molar-refractivity contribution is 6.42. The Morgan fingerprint density at radius 2 is 1.86 bits per heavy atom. The Bertz CT molecular complexity index is 1260. The normalized spacial score (nSPS) is 11.1. The maximum absolute atomic E-state index is 11.5. The van der Waals surface area contributed by atoms with Gasteiger partial charge in [0.05, 0.1) is 41.9 Å². The van der Waals surface area contributed by atoms with Gasteiger partial charge in [-0.3, -0.25) is 9.59 Å². The number of hydrogen-bond acceptors (Lipinski definition) is 7. The molecule has 0 radical (unpaired) electrons. The second-order valence-electron chi connectivity index (χ2n) is 7.62. The molecule has 10 heteroatoms. The molecule has 8 nitrogen and oxygen atoms in total. The van der Waals surface area contributed by atoms with Crippen molar-refractivity contribution in [3.05, 3.63) is 75.3 Å². The molecule has 0 bridgehead atoms. The smallest absolute Gasteiger partial charge is 0.319 e. The van der Waals surface area contributed by atoms with E-state index in [2.05, 4.69) is 10.1 Å². The summed E-state index contributed by atoms with van der Waals surface area (Å²) < 4.78 is 9.66. The van der Waals surface area contributed by atoms with Crippen molar-refractivity contribution in [1.29, 1.82) is 5.26 Å². The minimum Gasteiger partial charge on any atom is -0.495 e. The number of ether oxygens (including phenoxy) is 2. The van der Waals surface area contributed by atoms with E-state index in [0.717, 1.165) is 10.9 Å². The molecule has 0 aliphatic rings. The molecule has 36 heavy (non-hydrogen) atoms. The first-order valence-electron chi connectivity index (χ1n) is 10.9. The molecule has 0 aliphatic carbocycles. The van der Waals surface area contributed by atoms with Gasteiger partial charge in [-0.15, -0.1) is 0 Å². The van der Waals surface area contributed by atoms with Crippen molar-refractivity contribution >= 4 is 45.9 Å². The zero-order chi connectivity index (χ0) is 26.7. The Labute approximate surface area is 219 Å². The molecule has 3 rings (SSSR count). The molecular formula is C26H27Cl2N3O5. The number of nitriles is 1. The molecule has 0 spiro atoms.